The Bertz CT molecular complexity index is 427. The van der Waals surface area contributed by atoms with Crippen molar-refractivity contribution >= 4 is 0 Å². The number of nitrogens with one attached hydrogen (secondary N) is 1. The van der Waals surface area contributed by atoms with Gasteiger partial charge in [0.15, 0.2) is 0 Å². The van der Waals surface area contributed by atoms with Crippen LogP contribution in [0.1, 0.15) is 36.4 Å². The fourth-order valence-electron chi connectivity index (χ4n) is 3.35. The van der Waals surface area contributed by atoms with E-state index in [2.05, 4.69) is 41.5 Å². The molecule has 1 N–H and O–H groups in total. The summed E-state index contributed by atoms with van der Waals surface area (Å²) >= 11 is 0. The van der Waals surface area contributed by atoms with Gasteiger partial charge < -0.3 is 10.1 Å². The zero-order chi connectivity index (χ0) is 13.9. The van der Waals surface area contributed by atoms with Crippen LogP contribution < -0.4 is 5.32 Å². The molecule has 2 fully saturated rings. The van der Waals surface area contributed by atoms with Gasteiger partial charge in [-0.05, 0) is 49.9 Å². The Hall–Kier alpha value is -0.900. The fraction of sp³-hybridized carbons (Fsp3) is 0.647. The molecule has 0 amide bonds. The maximum Gasteiger partial charge on any atom is 0.0713 e. The van der Waals surface area contributed by atoms with Crippen LogP contribution in [0, 0.1) is 5.92 Å². The Labute approximate surface area is 122 Å². The van der Waals surface area contributed by atoms with Gasteiger partial charge in [-0.25, -0.2) is 0 Å². The number of rotatable bonds is 6. The highest BCUT2D eigenvalue weighted by Gasteiger charge is 2.33. The predicted octanol–water partition coefficient (Wildman–Crippen LogP) is 2.58. The van der Waals surface area contributed by atoms with E-state index in [0.29, 0.717) is 12.6 Å². The first-order chi connectivity index (χ1) is 9.78. The summed E-state index contributed by atoms with van der Waals surface area (Å²) in [4.78, 5) is 2.50. The second kappa shape index (κ2) is 6.25. The Morgan fingerprint density at radius 1 is 1.20 bits per heavy atom. The van der Waals surface area contributed by atoms with Gasteiger partial charge >= 0.3 is 0 Å². The summed E-state index contributed by atoms with van der Waals surface area (Å²) in [6.07, 6.45) is 4.05. The first-order valence-corrected chi connectivity index (χ1v) is 7.79. The molecule has 1 saturated carbocycles. The molecule has 0 aromatic heterocycles. The minimum Gasteiger partial charge on any atom is -0.380 e. The molecule has 1 saturated heterocycles. The Morgan fingerprint density at radius 2 is 1.95 bits per heavy atom. The van der Waals surface area contributed by atoms with Crippen molar-refractivity contribution < 1.29 is 4.74 Å². The van der Waals surface area contributed by atoms with Crippen molar-refractivity contribution in [1.29, 1.82) is 0 Å². The van der Waals surface area contributed by atoms with Gasteiger partial charge in [0.1, 0.15) is 0 Å². The summed E-state index contributed by atoms with van der Waals surface area (Å²) in [7, 11) is 4.00. The summed E-state index contributed by atoms with van der Waals surface area (Å²) in [6.45, 7) is 3.08. The van der Waals surface area contributed by atoms with E-state index < -0.39 is 0 Å². The summed E-state index contributed by atoms with van der Waals surface area (Å²) in [6, 6.07) is 10.4. The molecule has 110 valence electrons. The first-order valence-electron chi connectivity index (χ1n) is 7.79. The van der Waals surface area contributed by atoms with Gasteiger partial charge in [0.25, 0.3) is 0 Å². The van der Waals surface area contributed by atoms with Crippen molar-refractivity contribution in [3.05, 3.63) is 35.4 Å². The molecule has 1 aliphatic heterocycles. The third-order valence-corrected chi connectivity index (χ3v) is 4.65. The maximum atomic E-state index is 5.19. The fourth-order valence-corrected chi connectivity index (χ4v) is 3.35. The minimum atomic E-state index is 0.567. The second-order valence-corrected chi connectivity index (χ2v) is 6.33. The lowest BCUT2D eigenvalue weighted by atomic mass is 9.93. The van der Waals surface area contributed by atoms with Crippen LogP contribution in [0.4, 0.5) is 0 Å². The average Bonchev–Trinajstić information content (AvgIpc) is 3.21. The molecule has 2 aliphatic rings. The molecule has 20 heavy (non-hydrogen) atoms. The van der Waals surface area contributed by atoms with Gasteiger partial charge in [-0.1, -0.05) is 24.3 Å². The zero-order valence-electron chi connectivity index (χ0n) is 12.6. The topological polar surface area (TPSA) is 24.5 Å². The van der Waals surface area contributed by atoms with Gasteiger partial charge in [0.05, 0.1) is 6.61 Å². The van der Waals surface area contributed by atoms with Crippen LogP contribution in [-0.4, -0.2) is 38.2 Å². The molecule has 1 heterocycles. The molecule has 1 aliphatic carbocycles. The molecule has 3 heteroatoms. The predicted molar refractivity (Wildman–Crippen MR) is 81.7 cm³/mol. The monoisotopic (exact) mass is 274 g/mol. The van der Waals surface area contributed by atoms with Crippen molar-refractivity contribution in [1.82, 2.24) is 10.2 Å². The van der Waals surface area contributed by atoms with Gasteiger partial charge in [-0.2, -0.15) is 0 Å². The summed E-state index contributed by atoms with van der Waals surface area (Å²) in [5, 5.41) is 3.70. The van der Waals surface area contributed by atoms with Crippen molar-refractivity contribution in [2.45, 2.75) is 38.0 Å². The highest BCUT2D eigenvalue weighted by Crippen LogP contribution is 2.36. The van der Waals surface area contributed by atoms with Crippen LogP contribution in [0.25, 0.3) is 0 Å². The molecule has 0 spiro atoms. The van der Waals surface area contributed by atoms with Crippen molar-refractivity contribution in [3.8, 4) is 0 Å². The number of ether oxygens (including phenoxy) is 1. The molecule has 3 nitrogen and oxygen atoms in total. The molecule has 2 atom stereocenters. The maximum absolute atomic E-state index is 5.19. The number of nitrogens with zero attached hydrogens (tertiary/aromatic N) is 1. The average molecular weight is 274 g/mol. The van der Waals surface area contributed by atoms with Crippen molar-refractivity contribution in [2.75, 3.05) is 27.2 Å². The van der Waals surface area contributed by atoms with Crippen LogP contribution in [0.3, 0.4) is 0 Å². The van der Waals surface area contributed by atoms with Gasteiger partial charge in [-0.3, -0.25) is 4.90 Å². The lowest BCUT2D eigenvalue weighted by Crippen LogP contribution is -2.29. The number of hydrogen-bond acceptors (Lipinski definition) is 3. The van der Waals surface area contributed by atoms with E-state index in [1.807, 2.05) is 0 Å². The molecule has 3 rings (SSSR count). The zero-order valence-corrected chi connectivity index (χ0v) is 12.6. The van der Waals surface area contributed by atoms with Crippen LogP contribution in [0.2, 0.25) is 0 Å². The number of hydrogen-bond donors (Lipinski definition) is 1. The van der Waals surface area contributed by atoms with E-state index in [-0.39, 0.29) is 0 Å². The van der Waals surface area contributed by atoms with E-state index >= 15 is 0 Å². The normalized spacial score (nSPS) is 27.1. The van der Waals surface area contributed by atoms with E-state index in [4.69, 9.17) is 4.74 Å². The van der Waals surface area contributed by atoms with Crippen molar-refractivity contribution in [3.63, 3.8) is 0 Å². The van der Waals surface area contributed by atoms with E-state index in [1.165, 1.54) is 43.5 Å². The third-order valence-electron chi connectivity index (χ3n) is 4.65. The number of methoxy groups -OCH3 is 1. The Kier molecular flexibility index (Phi) is 4.39. The van der Waals surface area contributed by atoms with E-state index in [0.717, 1.165) is 12.0 Å². The molecule has 1 aromatic rings. The second-order valence-electron chi connectivity index (χ2n) is 6.33. The summed E-state index contributed by atoms with van der Waals surface area (Å²) in [5.41, 5.74) is 2.71. The molecular weight excluding hydrogens is 248 g/mol. The van der Waals surface area contributed by atoms with E-state index in [1.54, 1.807) is 7.11 Å². The highest BCUT2D eigenvalue weighted by atomic mass is 16.5. The van der Waals surface area contributed by atoms with Crippen LogP contribution in [0.15, 0.2) is 24.3 Å². The number of likely N-dealkylation sites (tertiary alicyclic amines) is 1. The molecule has 0 radical (unpaired) electrons. The Morgan fingerprint density at radius 3 is 2.60 bits per heavy atom. The van der Waals surface area contributed by atoms with Gasteiger partial charge in [-0.15, -0.1) is 0 Å². The quantitative estimate of drug-likeness (QED) is 0.863. The standard InChI is InChI=1S/C17H26N2O/c1-19-10-9-15(11-18-16-7-8-16)17(19)14-5-3-13(4-6-14)12-20-2/h3-6,15-18H,7-12H2,1-2H3. The van der Waals surface area contributed by atoms with E-state index in [9.17, 15) is 0 Å². The Balaban J connectivity index is 1.67. The van der Waals surface area contributed by atoms with Crippen LogP contribution in [-0.2, 0) is 11.3 Å². The van der Waals surface area contributed by atoms with Crippen LogP contribution >= 0.6 is 0 Å². The molecule has 2 unspecified atom stereocenters. The number of benzene rings is 1. The van der Waals surface area contributed by atoms with Gasteiger partial charge in [0, 0.05) is 25.7 Å². The minimum absolute atomic E-state index is 0.567. The summed E-state index contributed by atoms with van der Waals surface area (Å²) < 4.78 is 5.19. The highest BCUT2D eigenvalue weighted by molar-refractivity contribution is 5.26. The third kappa shape index (κ3) is 3.22. The molecule has 1 aromatic carbocycles. The first kappa shape index (κ1) is 14.1. The largest absolute Gasteiger partial charge is 0.380 e. The smallest absolute Gasteiger partial charge is 0.0713 e. The summed E-state index contributed by atoms with van der Waals surface area (Å²) in [5.74, 6) is 0.744. The van der Waals surface area contributed by atoms with Gasteiger partial charge in [0.2, 0.25) is 0 Å². The lowest BCUT2D eigenvalue weighted by Gasteiger charge is -2.26. The molecule has 0 bridgehead atoms. The lowest BCUT2D eigenvalue weighted by molar-refractivity contribution is 0.185. The van der Waals surface area contributed by atoms with Crippen molar-refractivity contribution in [2.24, 2.45) is 5.92 Å². The molecular formula is C17H26N2O. The van der Waals surface area contributed by atoms with Crippen LogP contribution in [0.5, 0.6) is 0 Å². The SMILES string of the molecule is COCc1ccc(C2C(CNC3CC3)CCN2C)cc1.